The molecular formula is C12H20N4O2S. The van der Waals surface area contributed by atoms with Gasteiger partial charge in [-0.3, -0.25) is 4.79 Å². The summed E-state index contributed by atoms with van der Waals surface area (Å²) in [5.41, 5.74) is 12.2. The first-order valence-electron chi connectivity index (χ1n) is 6.47. The van der Waals surface area contributed by atoms with Crippen molar-refractivity contribution < 1.29 is 9.90 Å². The first-order valence-corrected chi connectivity index (χ1v) is 7.35. The molecule has 19 heavy (non-hydrogen) atoms. The van der Waals surface area contributed by atoms with E-state index >= 15 is 0 Å². The van der Waals surface area contributed by atoms with Crippen LogP contribution in [-0.2, 0) is 11.2 Å². The van der Waals surface area contributed by atoms with E-state index < -0.39 is 6.10 Å². The number of aryl methyl sites for hydroxylation is 1. The summed E-state index contributed by atoms with van der Waals surface area (Å²) in [5, 5.41) is 14.9. The zero-order chi connectivity index (χ0) is 13.8. The van der Waals surface area contributed by atoms with Gasteiger partial charge in [0.2, 0.25) is 5.91 Å². The molecule has 1 fully saturated rings. The Morgan fingerprint density at radius 2 is 2.37 bits per heavy atom. The minimum absolute atomic E-state index is 0.00945. The van der Waals surface area contributed by atoms with E-state index in [0.717, 1.165) is 18.5 Å². The molecule has 6 N–H and O–H groups in total. The number of nitrogen functional groups attached to an aromatic ring is 1. The summed E-state index contributed by atoms with van der Waals surface area (Å²) >= 11 is 1.43. The molecule has 0 aliphatic heterocycles. The van der Waals surface area contributed by atoms with Crippen LogP contribution < -0.4 is 16.8 Å². The summed E-state index contributed by atoms with van der Waals surface area (Å²) in [4.78, 5) is 16.0. The summed E-state index contributed by atoms with van der Waals surface area (Å²) in [6.07, 6.45) is 2.12. The van der Waals surface area contributed by atoms with E-state index in [1.54, 1.807) is 0 Å². The van der Waals surface area contributed by atoms with Crippen LogP contribution in [0, 0.1) is 5.92 Å². The molecule has 106 valence electrons. The monoisotopic (exact) mass is 284 g/mol. The van der Waals surface area contributed by atoms with Crippen LogP contribution in [0.5, 0.6) is 0 Å². The molecule has 1 aromatic heterocycles. The molecule has 1 heterocycles. The van der Waals surface area contributed by atoms with Crippen molar-refractivity contribution in [2.75, 3.05) is 12.3 Å². The normalized spacial score (nSPS) is 26.5. The van der Waals surface area contributed by atoms with Gasteiger partial charge < -0.3 is 21.9 Å². The molecule has 0 aromatic carbocycles. The summed E-state index contributed by atoms with van der Waals surface area (Å²) < 4.78 is 0. The molecule has 0 unspecified atom stereocenters. The molecule has 1 amide bonds. The minimum Gasteiger partial charge on any atom is -0.391 e. The first-order chi connectivity index (χ1) is 9.06. The third kappa shape index (κ3) is 3.89. The lowest BCUT2D eigenvalue weighted by Crippen LogP contribution is -2.31. The Hall–Kier alpha value is -1.18. The van der Waals surface area contributed by atoms with E-state index in [4.69, 9.17) is 11.5 Å². The van der Waals surface area contributed by atoms with Crippen molar-refractivity contribution in [3.63, 3.8) is 0 Å². The number of hydrogen-bond donors (Lipinski definition) is 4. The van der Waals surface area contributed by atoms with E-state index in [1.807, 2.05) is 5.38 Å². The molecule has 0 radical (unpaired) electrons. The molecule has 3 atom stereocenters. The molecule has 0 saturated heterocycles. The number of nitrogens with one attached hydrogen (secondary N) is 1. The van der Waals surface area contributed by atoms with Gasteiger partial charge in [0.25, 0.3) is 0 Å². The van der Waals surface area contributed by atoms with Gasteiger partial charge in [0.05, 0.1) is 11.8 Å². The van der Waals surface area contributed by atoms with Crippen LogP contribution in [0.2, 0.25) is 0 Å². The maximum atomic E-state index is 11.8. The average Bonchev–Trinajstić information content (AvgIpc) is 2.92. The average molecular weight is 284 g/mol. The second-order valence-corrected chi connectivity index (χ2v) is 5.86. The molecule has 1 aliphatic carbocycles. The molecule has 0 spiro atoms. The van der Waals surface area contributed by atoms with E-state index in [2.05, 4.69) is 10.3 Å². The summed E-state index contributed by atoms with van der Waals surface area (Å²) in [6, 6.07) is -0.270. The van der Waals surface area contributed by atoms with Gasteiger partial charge in [-0.2, -0.15) is 0 Å². The van der Waals surface area contributed by atoms with E-state index in [9.17, 15) is 9.90 Å². The lowest BCUT2D eigenvalue weighted by Gasteiger charge is -2.09. The minimum atomic E-state index is -0.547. The number of rotatable bonds is 5. The smallest absolute Gasteiger partial charge is 0.223 e. The molecule has 6 nitrogen and oxygen atoms in total. The predicted octanol–water partition coefficient (Wildman–Crippen LogP) is -0.128. The Balaban J connectivity index is 1.64. The Labute approximate surface area is 116 Å². The fourth-order valence-electron chi connectivity index (χ4n) is 2.33. The number of nitrogens with zero attached hydrogens (tertiary/aromatic N) is 1. The fourth-order valence-corrected chi connectivity index (χ4v) is 2.92. The maximum absolute atomic E-state index is 11.8. The summed E-state index contributed by atoms with van der Waals surface area (Å²) in [7, 11) is 0. The molecular weight excluding hydrogens is 264 g/mol. The van der Waals surface area contributed by atoms with E-state index in [-0.39, 0.29) is 17.9 Å². The molecule has 2 rings (SSSR count). The lowest BCUT2D eigenvalue weighted by molar-refractivity contribution is -0.125. The maximum Gasteiger partial charge on any atom is 0.223 e. The van der Waals surface area contributed by atoms with Crippen LogP contribution >= 0.6 is 11.3 Å². The van der Waals surface area contributed by atoms with Gasteiger partial charge in [-0.15, -0.1) is 11.3 Å². The van der Waals surface area contributed by atoms with Crippen molar-refractivity contribution in [1.82, 2.24) is 10.3 Å². The predicted molar refractivity (Wildman–Crippen MR) is 74.6 cm³/mol. The zero-order valence-electron chi connectivity index (χ0n) is 10.7. The Bertz CT molecular complexity index is 427. The molecule has 0 bridgehead atoms. The Kier molecular flexibility index (Phi) is 4.73. The Morgan fingerprint density at radius 3 is 2.95 bits per heavy atom. The second kappa shape index (κ2) is 6.31. The molecule has 7 heteroatoms. The van der Waals surface area contributed by atoms with Crippen LogP contribution in [0.4, 0.5) is 5.13 Å². The number of aromatic nitrogens is 1. The van der Waals surface area contributed by atoms with Gasteiger partial charge in [0, 0.05) is 23.9 Å². The van der Waals surface area contributed by atoms with E-state index in [1.165, 1.54) is 11.3 Å². The van der Waals surface area contributed by atoms with Crippen molar-refractivity contribution in [2.24, 2.45) is 11.7 Å². The Morgan fingerprint density at radius 1 is 1.58 bits per heavy atom. The standard InChI is InChI=1S/C12H20N4O2S/c13-9-4-7(5-10(9)17)11(18)15-3-1-2-8-6-19-12(14)16-8/h6-7,9-10,17H,1-5,13H2,(H2,14,16)(H,15,18)/t7-,9-,10-/m0/s1. The van der Waals surface area contributed by atoms with Crippen LogP contribution in [-0.4, -0.2) is 34.7 Å². The van der Waals surface area contributed by atoms with Crippen LogP contribution in [0.1, 0.15) is 25.0 Å². The number of aliphatic hydroxyl groups excluding tert-OH is 1. The lowest BCUT2D eigenvalue weighted by atomic mass is 10.1. The van der Waals surface area contributed by atoms with Gasteiger partial charge in [-0.05, 0) is 25.7 Å². The van der Waals surface area contributed by atoms with Crippen LogP contribution in [0.15, 0.2) is 5.38 Å². The highest BCUT2D eigenvalue weighted by atomic mass is 32.1. The first kappa shape index (κ1) is 14.2. The quantitative estimate of drug-likeness (QED) is 0.562. The second-order valence-electron chi connectivity index (χ2n) is 4.97. The van der Waals surface area contributed by atoms with Crippen molar-refractivity contribution in [2.45, 2.75) is 37.8 Å². The number of carbonyl (C=O) groups is 1. The number of hydrogen-bond acceptors (Lipinski definition) is 6. The van der Waals surface area contributed by atoms with Gasteiger partial charge in [0.15, 0.2) is 5.13 Å². The van der Waals surface area contributed by atoms with Gasteiger partial charge in [0.1, 0.15) is 0 Å². The number of anilines is 1. The number of amides is 1. The molecule has 1 aliphatic rings. The van der Waals surface area contributed by atoms with Crippen molar-refractivity contribution in [3.05, 3.63) is 11.1 Å². The highest BCUT2D eigenvalue weighted by molar-refractivity contribution is 7.13. The van der Waals surface area contributed by atoms with Crippen LogP contribution in [0.25, 0.3) is 0 Å². The molecule has 1 aromatic rings. The van der Waals surface area contributed by atoms with Gasteiger partial charge >= 0.3 is 0 Å². The highest BCUT2D eigenvalue weighted by Crippen LogP contribution is 2.24. The summed E-state index contributed by atoms with van der Waals surface area (Å²) in [5.74, 6) is -0.162. The van der Waals surface area contributed by atoms with Gasteiger partial charge in [-0.1, -0.05) is 0 Å². The summed E-state index contributed by atoms with van der Waals surface area (Å²) in [6.45, 7) is 0.609. The number of carbonyl (C=O) groups excluding carboxylic acids is 1. The number of thiazole rings is 1. The fraction of sp³-hybridized carbons (Fsp3) is 0.667. The van der Waals surface area contributed by atoms with E-state index in [0.29, 0.717) is 24.5 Å². The molecule has 1 saturated carbocycles. The zero-order valence-corrected chi connectivity index (χ0v) is 11.5. The third-order valence-corrected chi connectivity index (χ3v) is 4.15. The van der Waals surface area contributed by atoms with Crippen molar-refractivity contribution in [1.29, 1.82) is 0 Å². The third-order valence-electron chi connectivity index (χ3n) is 3.43. The largest absolute Gasteiger partial charge is 0.391 e. The topological polar surface area (TPSA) is 114 Å². The van der Waals surface area contributed by atoms with Crippen LogP contribution in [0.3, 0.4) is 0 Å². The van der Waals surface area contributed by atoms with Gasteiger partial charge in [-0.25, -0.2) is 4.98 Å². The van der Waals surface area contributed by atoms with Crippen molar-refractivity contribution in [3.8, 4) is 0 Å². The highest BCUT2D eigenvalue weighted by Gasteiger charge is 2.34. The number of aliphatic hydroxyl groups is 1. The van der Waals surface area contributed by atoms with Crippen molar-refractivity contribution >= 4 is 22.4 Å². The SMILES string of the molecule is Nc1nc(CCCNC(=O)[C@H]2C[C@H](N)[C@@H](O)C2)cs1. The number of nitrogens with two attached hydrogens (primary N) is 2.